The van der Waals surface area contributed by atoms with Gasteiger partial charge >= 0.3 is 0 Å². The Bertz CT molecular complexity index is 549. The maximum Gasteiger partial charge on any atom is 0.237 e. The number of anilines is 2. The summed E-state index contributed by atoms with van der Waals surface area (Å²) in [6, 6.07) is 5.19. The molecule has 4 nitrogen and oxygen atoms in total. The maximum atomic E-state index is 12.4. The Labute approximate surface area is 120 Å². The van der Waals surface area contributed by atoms with Crippen molar-refractivity contribution in [1.29, 1.82) is 0 Å². The number of imide groups is 1. The van der Waals surface area contributed by atoms with Crippen molar-refractivity contribution in [3.8, 4) is 0 Å². The van der Waals surface area contributed by atoms with E-state index in [2.05, 4.69) is 22.9 Å². The first-order valence-electron chi connectivity index (χ1n) is 6.42. The second kappa shape index (κ2) is 4.34. The first-order valence-corrected chi connectivity index (χ1v) is 7.21. The lowest BCUT2D eigenvalue weighted by molar-refractivity contribution is -0.123. The Balaban J connectivity index is 1.96. The zero-order valence-corrected chi connectivity index (χ0v) is 12.2. The van der Waals surface area contributed by atoms with Crippen molar-refractivity contribution in [3.05, 3.63) is 22.7 Å². The van der Waals surface area contributed by atoms with Gasteiger partial charge in [0.2, 0.25) is 11.8 Å². The van der Waals surface area contributed by atoms with E-state index in [0.717, 1.165) is 17.3 Å². The van der Waals surface area contributed by atoms with E-state index in [4.69, 9.17) is 5.73 Å². The van der Waals surface area contributed by atoms with Gasteiger partial charge in [0, 0.05) is 10.2 Å². The summed E-state index contributed by atoms with van der Waals surface area (Å²) < 4.78 is 0.768. The third kappa shape index (κ3) is 1.87. The van der Waals surface area contributed by atoms with Gasteiger partial charge in [-0.2, -0.15) is 0 Å². The fourth-order valence-electron chi connectivity index (χ4n) is 3.20. The van der Waals surface area contributed by atoms with Crippen LogP contribution in [-0.4, -0.2) is 11.8 Å². The lowest BCUT2D eigenvalue weighted by Crippen LogP contribution is -2.32. The van der Waals surface area contributed by atoms with Gasteiger partial charge in [-0.3, -0.25) is 9.59 Å². The van der Waals surface area contributed by atoms with E-state index in [-0.39, 0.29) is 23.7 Å². The maximum absolute atomic E-state index is 12.4. The number of halogens is 1. The Morgan fingerprint density at radius 1 is 1.21 bits per heavy atom. The highest BCUT2D eigenvalue weighted by Crippen LogP contribution is 2.44. The molecule has 0 spiro atoms. The standard InChI is InChI=1S/C14H15BrN2O2/c1-7-4-9-10(5-7)14(19)17(13(9)18)8-2-3-11(15)12(16)6-8/h2-3,6-7,9-10H,4-5,16H2,1H3. The molecule has 1 aliphatic heterocycles. The SMILES string of the molecule is CC1CC2C(=O)N(c3ccc(Br)c(N)c3)C(=O)C2C1. The summed E-state index contributed by atoms with van der Waals surface area (Å²) in [5.74, 6) is 0.0573. The Kier molecular flexibility index (Phi) is 2.89. The molecular weight excluding hydrogens is 308 g/mol. The third-order valence-electron chi connectivity index (χ3n) is 4.11. The average molecular weight is 323 g/mol. The van der Waals surface area contributed by atoms with Crippen LogP contribution in [0.3, 0.4) is 0 Å². The molecule has 2 N–H and O–H groups in total. The fraction of sp³-hybridized carbons (Fsp3) is 0.429. The number of carbonyl (C=O) groups is 2. The van der Waals surface area contributed by atoms with E-state index in [0.29, 0.717) is 17.3 Å². The van der Waals surface area contributed by atoms with Crippen LogP contribution in [0.5, 0.6) is 0 Å². The molecule has 2 aliphatic rings. The molecule has 0 bridgehead atoms. The second-order valence-electron chi connectivity index (χ2n) is 5.51. The lowest BCUT2D eigenvalue weighted by Gasteiger charge is -2.17. The lowest BCUT2D eigenvalue weighted by atomic mass is 10.00. The number of hydrogen-bond donors (Lipinski definition) is 1. The van der Waals surface area contributed by atoms with E-state index in [1.165, 1.54) is 4.90 Å². The van der Waals surface area contributed by atoms with Gasteiger partial charge in [0.05, 0.1) is 17.5 Å². The summed E-state index contributed by atoms with van der Waals surface area (Å²) in [4.78, 5) is 26.1. The first kappa shape index (κ1) is 12.7. The molecule has 19 heavy (non-hydrogen) atoms. The van der Waals surface area contributed by atoms with Gasteiger partial charge in [0.15, 0.2) is 0 Å². The van der Waals surface area contributed by atoms with Crippen LogP contribution in [0.15, 0.2) is 22.7 Å². The molecule has 5 heteroatoms. The summed E-state index contributed by atoms with van der Waals surface area (Å²) in [5, 5.41) is 0. The van der Waals surface area contributed by atoms with Crippen LogP contribution in [0.1, 0.15) is 19.8 Å². The summed E-state index contributed by atoms with van der Waals surface area (Å²) in [6.45, 7) is 2.10. The molecule has 1 saturated carbocycles. The molecule has 1 aromatic carbocycles. The van der Waals surface area contributed by atoms with E-state index in [1.807, 2.05) is 0 Å². The van der Waals surface area contributed by atoms with Crippen LogP contribution in [0.25, 0.3) is 0 Å². The number of nitrogen functional groups attached to an aromatic ring is 1. The summed E-state index contributed by atoms with van der Waals surface area (Å²) in [5.41, 5.74) is 6.93. The van der Waals surface area contributed by atoms with Crippen LogP contribution >= 0.6 is 15.9 Å². The quantitative estimate of drug-likeness (QED) is 0.638. The highest BCUT2D eigenvalue weighted by Gasteiger charge is 2.52. The number of rotatable bonds is 1. The number of fused-ring (bicyclic) bond motifs is 1. The monoisotopic (exact) mass is 322 g/mol. The minimum atomic E-state index is -0.132. The Hall–Kier alpha value is -1.36. The molecule has 2 amide bonds. The molecule has 2 atom stereocenters. The molecule has 3 rings (SSSR count). The first-order chi connectivity index (χ1) is 8.99. The number of amides is 2. The van der Waals surface area contributed by atoms with Crippen molar-refractivity contribution >= 4 is 39.1 Å². The molecule has 1 saturated heterocycles. The van der Waals surface area contributed by atoms with Crippen LogP contribution in [0.4, 0.5) is 11.4 Å². The summed E-state index contributed by atoms with van der Waals surface area (Å²) in [7, 11) is 0. The molecule has 2 unspecified atom stereocenters. The van der Waals surface area contributed by atoms with Gasteiger partial charge < -0.3 is 5.73 Å². The minimum absolute atomic E-state index is 0.0685. The van der Waals surface area contributed by atoms with E-state index < -0.39 is 0 Å². The third-order valence-corrected chi connectivity index (χ3v) is 4.83. The van der Waals surface area contributed by atoms with E-state index in [9.17, 15) is 9.59 Å². The Morgan fingerprint density at radius 2 is 1.79 bits per heavy atom. The van der Waals surface area contributed by atoms with Gasteiger partial charge in [0.25, 0.3) is 0 Å². The molecule has 0 aromatic heterocycles. The Morgan fingerprint density at radius 3 is 2.32 bits per heavy atom. The van der Waals surface area contributed by atoms with E-state index in [1.54, 1.807) is 18.2 Å². The van der Waals surface area contributed by atoms with Crippen molar-refractivity contribution in [2.75, 3.05) is 10.6 Å². The van der Waals surface area contributed by atoms with Gasteiger partial charge in [-0.25, -0.2) is 4.90 Å². The minimum Gasteiger partial charge on any atom is -0.398 e. The largest absolute Gasteiger partial charge is 0.398 e. The van der Waals surface area contributed by atoms with Gasteiger partial charge in [0.1, 0.15) is 0 Å². The topological polar surface area (TPSA) is 63.4 Å². The second-order valence-corrected chi connectivity index (χ2v) is 6.36. The van der Waals surface area contributed by atoms with Gasteiger partial charge in [-0.15, -0.1) is 0 Å². The number of carbonyl (C=O) groups excluding carboxylic acids is 2. The van der Waals surface area contributed by atoms with Crippen LogP contribution in [-0.2, 0) is 9.59 Å². The summed E-state index contributed by atoms with van der Waals surface area (Å²) in [6.07, 6.45) is 1.63. The summed E-state index contributed by atoms with van der Waals surface area (Å²) >= 11 is 3.31. The molecule has 0 radical (unpaired) electrons. The molecular formula is C14H15BrN2O2. The fourth-order valence-corrected chi connectivity index (χ4v) is 3.45. The number of hydrogen-bond acceptors (Lipinski definition) is 3. The van der Waals surface area contributed by atoms with Crippen molar-refractivity contribution in [3.63, 3.8) is 0 Å². The van der Waals surface area contributed by atoms with Crippen molar-refractivity contribution in [2.45, 2.75) is 19.8 Å². The van der Waals surface area contributed by atoms with Gasteiger partial charge in [-0.1, -0.05) is 6.92 Å². The van der Waals surface area contributed by atoms with Crippen LogP contribution in [0.2, 0.25) is 0 Å². The smallest absolute Gasteiger partial charge is 0.237 e. The highest BCUT2D eigenvalue weighted by molar-refractivity contribution is 9.10. The normalized spacial score (nSPS) is 30.0. The van der Waals surface area contributed by atoms with Crippen molar-refractivity contribution in [1.82, 2.24) is 0 Å². The van der Waals surface area contributed by atoms with Crippen molar-refractivity contribution in [2.24, 2.45) is 17.8 Å². The van der Waals surface area contributed by atoms with Gasteiger partial charge in [-0.05, 0) is 52.9 Å². The molecule has 100 valence electrons. The highest BCUT2D eigenvalue weighted by atomic mass is 79.9. The molecule has 1 aliphatic carbocycles. The zero-order valence-electron chi connectivity index (χ0n) is 10.6. The van der Waals surface area contributed by atoms with Crippen LogP contribution in [0, 0.1) is 17.8 Å². The number of nitrogens with zero attached hydrogens (tertiary/aromatic N) is 1. The molecule has 1 aromatic rings. The predicted octanol–water partition coefficient (Wildman–Crippen LogP) is 2.57. The van der Waals surface area contributed by atoms with Crippen LogP contribution < -0.4 is 10.6 Å². The molecule has 1 heterocycles. The zero-order chi connectivity index (χ0) is 13.7. The van der Waals surface area contributed by atoms with Crippen molar-refractivity contribution < 1.29 is 9.59 Å². The molecule has 2 fully saturated rings. The van der Waals surface area contributed by atoms with E-state index >= 15 is 0 Å². The predicted molar refractivity (Wildman–Crippen MR) is 76.4 cm³/mol. The average Bonchev–Trinajstić information content (AvgIpc) is 2.84. The number of benzene rings is 1. The number of nitrogens with two attached hydrogens (primary N) is 1.